The molecule has 2 saturated heterocycles. The van der Waals surface area contributed by atoms with E-state index >= 15 is 0 Å². The topological polar surface area (TPSA) is 66.9 Å². The molecule has 0 unspecified atom stereocenters. The van der Waals surface area contributed by atoms with E-state index in [9.17, 15) is 13.2 Å². The van der Waals surface area contributed by atoms with Crippen LogP contribution in [0.25, 0.3) is 0 Å². The van der Waals surface area contributed by atoms with Crippen LogP contribution < -0.4 is 0 Å². The second-order valence-electron chi connectivity index (χ2n) is 6.49. The van der Waals surface area contributed by atoms with E-state index in [1.165, 1.54) is 0 Å². The number of hydrogen-bond acceptors (Lipinski definition) is 4. The summed E-state index contributed by atoms with van der Waals surface area (Å²) >= 11 is 0. The fourth-order valence-corrected chi connectivity index (χ4v) is 4.93. The normalized spacial score (nSPS) is 28.8. The lowest BCUT2D eigenvalue weighted by molar-refractivity contribution is -0.148. The summed E-state index contributed by atoms with van der Waals surface area (Å²) in [5.41, 5.74) is 0. The van der Waals surface area contributed by atoms with Gasteiger partial charge < -0.3 is 9.64 Å². The van der Waals surface area contributed by atoms with Crippen molar-refractivity contribution in [2.24, 2.45) is 5.92 Å². The van der Waals surface area contributed by atoms with Crippen molar-refractivity contribution in [2.75, 3.05) is 31.9 Å². The highest BCUT2D eigenvalue weighted by molar-refractivity contribution is 7.89. The third kappa shape index (κ3) is 4.20. The molecule has 6 nitrogen and oxygen atoms in total. The van der Waals surface area contributed by atoms with Gasteiger partial charge in [0.2, 0.25) is 15.9 Å². The van der Waals surface area contributed by atoms with E-state index in [1.54, 1.807) is 4.31 Å². The summed E-state index contributed by atoms with van der Waals surface area (Å²) in [6.45, 7) is 8.04. The number of piperidine rings is 1. The first-order chi connectivity index (χ1) is 10.3. The summed E-state index contributed by atoms with van der Waals surface area (Å²) in [4.78, 5) is 14.5. The Balaban J connectivity index is 1.90. The van der Waals surface area contributed by atoms with Crippen molar-refractivity contribution < 1.29 is 17.9 Å². The van der Waals surface area contributed by atoms with Crippen LogP contribution in [0, 0.1) is 5.92 Å². The van der Waals surface area contributed by atoms with Crippen molar-refractivity contribution in [3.05, 3.63) is 0 Å². The Morgan fingerprint density at radius 2 is 1.68 bits per heavy atom. The van der Waals surface area contributed by atoms with Gasteiger partial charge in [-0.25, -0.2) is 12.7 Å². The molecule has 0 aromatic heterocycles. The maximum absolute atomic E-state index is 12.6. The quantitative estimate of drug-likeness (QED) is 0.772. The first-order valence-electron chi connectivity index (χ1n) is 8.25. The minimum atomic E-state index is -3.14. The van der Waals surface area contributed by atoms with E-state index in [4.69, 9.17) is 4.74 Å². The minimum absolute atomic E-state index is 0.0504. The average Bonchev–Trinajstić information content (AvgIpc) is 2.45. The molecule has 0 bridgehead atoms. The summed E-state index contributed by atoms with van der Waals surface area (Å²) in [5, 5.41) is 0. The van der Waals surface area contributed by atoms with Gasteiger partial charge in [0.1, 0.15) is 0 Å². The number of sulfonamides is 1. The van der Waals surface area contributed by atoms with Crippen LogP contribution in [0.1, 0.15) is 40.0 Å². The standard InChI is InChI=1S/C15H28N2O4S/c1-4-9-22(19,20)17-7-5-14(6-8-17)15(18)16-10-12(2)21-13(3)11-16/h12-14H,4-11H2,1-3H3/t12-,13-/m0/s1. The van der Waals surface area contributed by atoms with Crippen LogP contribution in [0.4, 0.5) is 0 Å². The number of ether oxygens (including phenoxy) is 1. The molecule has 0 spiro atoms. The fourth-order valence-electron chi connectivity index (χ4n) is 3.38. The number of nitrogens with zero attached hydrogens (tertiary/aromatic N) is 2. The molecule has 2 atom stereocenters. The maximum atomic E-state index is 12.6. The SMILES string of the molecule is CCCS(=O)(=O)N1CCC(C(=O)N2C[C@H](C)O[C@@H](C)C2)CC1. The largest absolute Gasteiger partial charge is 0.372 e. The molecule has 0 aromatic rings. The van der Waals surface area contributed by atoms with Crippen molar-refractivity contribution >= 4 is 15.9 Å². The lowest BCUT2D eigenvalue weighted by Crippen LogP contribution is -2.51. The second-order valence-corrected chi connectivity index (χ2v) is 8.58. The first-order valence-corrected chi connectivity index (χ1v) is 9.86. The Labute approximate surface area is 133 Å². The highest BCUT2D eigenvalue weighted by atomic mass is 32.2. The molecular weight excluding hydrogens is 304 g/mol. The molecule has 2 aliphatic rings. The van der Waals surface area contributed by atoms with Gasteiger partial charge in [-0.2, -0.15) is 0 Å². The zero-order chi connectivity index (χ0) is 16.3. The predicted octanol–water partition coefficient (Wildman–Crippen LogP) is 1.07. The molecule has 2 rings (SSSR count). The Morgan fingerprint density at radius 1 is 1.14 bits per heavy atom. The molecule has 2 aliphatic heterocycles. The molecule has 0 aliphatic carbocycles. The fraction of sp³-hybridized carbons (Fsp3) is 0.933. The van der Waals surface area contributed by atoms with E-state index in [2.05, 4.69) is 0 Å². The highest BCUT2D eigenvalue weighted by Gasteiger charge is 2.34. The number of hydrogen-bond donors (Lipinski definition) is 0. The van der Waals surface area contributed by atoms with Crippen LogP contribution in [0.3, 0.4) is 0 Å². The lowest BCUT2D eigenvalue weighted by Gasteiger charge is -2.39. The van der Waals surface area contributed by atoms with Crippen LogP contribution in [-0.4, -0.2) is 67.7 Å². The molecule has 2 heterocycles. The van der Waals surface area contributed by atoms with Crippen molar-refractivity contribution in [1.82, 2.24) is 9.21 Å². The van der Waals surface area contributed by atoms with Crippen molar-refractivity contribution in [2.45, 2.75) is 52.2 Å². The van der Waals surface area contributed by atoms with E-state index < -0.39 is 10.0 Å². The summed E-state index contributed by atoms with van der Waals surface area (Å²) in [7, 11) is -3.14. The molecule has 2 fully saturated rings. The van der Waals surface area contributed by atoms with Gasteiger partial charge in [0, 0.05) is 32.1 Å². The van der Waals surface area contributed by atoms with Crippen LogP contribution in [-0.2, 0) is 19.6 Å². The highest BCUT2D eigenvalue weighted by Crippen LogP contribution is 2.24. The Hall–Kier alpha value is -0.660. The second kappa shape index (κ2) is 7.27. The van der Waals surface area contributed by atoms with Crippen LogP contribution >= 0.6 is 0 Å². The first kappa shape index (κ1) is 17.7. The monoisotopic (exact) mass is 332 g/mol. The Bertz CT molecular complexity index is 476. The van der Waals surface area contributed by atoms with Crippen molar-refractivity contribution in [3.8, 4) is 0 Å². The van der Waals surface area contributed by atoms with Gasteiger partial charge in [-0.1, -0.05) is 6.92 Å². The molecule has 1 amide bonds. The van der Waals surface area contributed by atoms with Gasteiger partial charge in [0.05, 0.1) is 18.0 Å². The average molecular weight is 332 g/mol. The van der Waals surface area contributed by atoms with E-state index in [0.29, 0.717) is 45.4 Å². The van der Waals surface area contributed by atoms with Gasteiger partial charge in [0.15, 0.2) is 0 Å². The molecular formula is C15H28N2O4S. The number of carbonyl (C=O) groups is 1. The van der Waals surface area contributed by atoms with Crippen molar-refractivity contribution in [3.63, 3.8) is 0 Å². The van der Waals surface area contributed by atoms with E-state index in [-0.39, 0.29) is 29.8 Å². The smallest absolute Gasteiger partial charge is 0.225 e. The van der Waals surface area contributed by atoms with Gasteiger partial charge in [0.25, 0.3) is 0 Å². The molecule has 0 radical (unpaired) electrons. The van der Waals surface area contributed by atoms with E-state index in [1.807, 2.05) is 25.7 Å². The lowest BCUT2D eigenvalue weighted by atomic mass is 9.96. The number of morpholine rings is 1. The van der Waals surface area contributed by atoms with E-state index in [0.717, 1.165) is 0 Å². The third-order valence-electron chi connectivity index (χ3n) is 4.39. The summed E-state index contributed by atoms with van der Waals surface area (Å²) in [5.74, 6) is 0.310. The summed E-state index contributed by atoms with van der Waals surface area (Å²) in [6.07, 6.45) is 2.02. The molecule has 22 heavy (non-hydrogen) atoms. The Morgan fingerprint density at radius 3 is 2.18 bits per heavy atom. The molecule has 0 aromatic carbocycles. The van der Waals surface area contributed by atoms with Gasteiger partial charge in [-0.05, 0) is 33.1 Å². The number of amides is 1. The summed E-state index contributed by atoms with van der Waals surface area (Å²) in [6, 6.07) is 0. The van der Waals surface area contributed by atoms with Gasteiger partial charge in [-0.15, -0.1) is 0 Å². The maximum Gasteiger partial charge on any atom is 0.225 e. The molecule has 7 heteroatoms. The number of rotatable bonds is 4. The van der Waals surface area contributed by atoms with Crippen LogP contribution in [0.2, 0.25) is 0 Å². The van der Waals surface area contributed by atoms with Crippen molar-refractivity contribution in [1.29, 1.82) is 0 Å². The molecule has 128 valence electrons. The molecule has 0 saturated carbocycles. The third-order valence-corrected chi connectivity index (χ3v) is 6.47. The van der Waals surface area contributed by atoms with Crippen LogP contribution in [0.5, 0.6) is 0 Å². The van der Waals surface area contributed by atoms with Crippen LogP contribution in [0.15, 0.2) is 0 Å². The van der Waals surface area contributed by atoms with Gasteiger partial charge in [-0.3, -0.25) is 4.79 Å². The number of carbonyl (C=O) groups excluding carboxylic acids is 1. The minimum Gasteiger partial charge on any atom is -0.372 e. The zero-order valence-corrected chi connectivity index (χ0v) is 14.6. The van der Waals surface area contributed by atoms with Gasteiger partial charge >= 0.3 is 0 Å². The zero-order valence-electron chi connectivity index (χ0n) is 13.8. The molecule has 0 N–H and O–H groups in total. The Kier molecular flexibility index (Phi) is 5.85. The summed E-state index contributed by atoms with van der Waals surface area (Å²) < 4.78 is 31.3. The predicted molar refractivity (Wildman–Crippen MR) is 85.0 cm³/mol.